The van der Waals surface area contributed by atoms with Crippen molar-refractivity contribution >= 4 is 11.9 Å². The first-order chi connectivity index (χ1) is 12.1. The normalized spacial score (nSPS) is 10.5. The van der Waals surface area contributed by atoms with E-state index in [9.17, 15) is 9.59 Å². The van der Waals surface area contributed by atoms with Crippen molar-refractivity contribution in [2.24, 2.45) is 0 Å². The van der Waals surface area contributed by atoms with E-state index in [1.54, 1.807) is 6.07 Å². The summed E-state index contributed by atoms with van der Waals surface area (Å²) in [6.45, 7) is 4.67. The molecular weight excluding hydrogens is 316 g/mol. The number of esters is 2. The lowest BCUT2D eigenvalue weighted by atomic mass is 10.1. The Hall–Kier alpha value is -1.84. The molecule has 0 spiro atoms. The topological polar surface area (TPSA) is 52.6 Å². The van der Waals surface area contributed by atoms with Crippen LogP contribution in [0.15, 0.2) is 24.3 Å². The Morgan fingerprint density at radius 3 is 2.28 bits per heavy atom. The highest BCUT2D eigenvalue weighted by atomic mass is 16.5. The number of benzene rings is 1. The summed E-state index contributed by atoms with van der Waals surface area (Å²) in [4.78, 5) is 23.4. The zero-order valence-electron chi connectivity index (χ0n) is 15.7. The van der Waals surface area contributed by atoms with Crippen LogP contribution in [0, 0.1) is 6.92 Å². The first-order valence-corrected chi connectivity index (χ1v) is 9.54. The van der Waals surface area contributed by atoms with E-state index in [1.165, 1.54) is 25.7 Å². The van der Waals surface area contributed by atoms with Crippen molar-refractivity contribution in [3.8, 4) is 5.75 Å². The smallest absolute Gasteiger partial charge is 0.311 e. The Morgan fingerprint density at radius 1 is 0.880 bits per heavy atom. The van der Waals surface area contributed by atoms with Gasteiger partial charge in [-0.3, -0.25) is 9.59 Å². The number of aryl methyl sites for hydroxylation is 1. The summed E-state index contributed by atoms with van der Waals surface area (Å²) in [6, 6.07) is 7.41. The van der Waals surface area contributed by atoms with E-state index in [4.69, 9.17) is 9.47 Å². The lowest BCUT2D eigenvalue weighted by Gasteiger charge is -2.06. The Bertz CT molecular complexity index is 510. The average molecular weight is 348 g/mol. The molecule has 0 saturated carbocycles. The minimum atomic E-state index is -0.258. The van der Waals surface area contributed by atoms with Gasteiger partial charge < -0.3 is 9.47 Å². The van der Waals surface area contributed by atoms with Crippen LogP contribution in [0.5, 0.6) is 5.75 Å². The third-order valence-electron chi connectivity index (χ3n) is 3.99. The number of hydrogen-bond acceptors (Lipinski definition) is 4. The Balaban J connectivity index is 1.99. The molecule has 0 saturated heterocycles. The standard InChI is InChI=1S/C21H32O4/c1-3-4-5-6-7-10-16-24-20(22)14-8-9-15-21(23)25-19-13-11-12-18(2)17-19/h11-13,17H,3-10,14-16H2,1-2H3. The first-order valence-electron chi connectivity index (χ1n) is 9.54. The van der Waals surface area contributed by atoms with Crippen molar-refractivity contribution in [3.05, 3.63) is 29.8 Å². The van der Waals surface area contributed by atoms with Crippen LogP contribution in [-0.2, 0) is 14.3 Å². The second-order valence-corrected chi connectivity index (χ2v) is 6.49. The highest BCUT2D eigenvalue weighted by Gasteiger charge is 2.07. The summed E-state index contributed by atoms with van der Waals surface area (Å²) in [5.74, 6) is 0.148. The molecule has 25 heavy (non-hydrogen) atoms. The molecule has 0 aliphatic carbocycles. The molecule has 140 valence electrons. The SMILES string of the molecule is CCCCCCCCOC(=O)CCCCC(=O)Oc1cccc(C)c1. The molecule has 0 amide bonds. The largest absolute Gasteiger partial charge is 0.466 e. The van der Waals surface area contributed by atoms with E-state index in [0.29, 0.717) is 38.0 Å². The molecule has 0 N–H and O–H groups in total. The van der Waals surface area contributed by atoms with Gasteiger partial charge >= 0.3 is 11.9 Å². The molecule has 4 heteroatoms. The number of ether oxygens (including phenoxy) is 2. The number of hydrogen-bond donors (Lipinski definition) is 0. The monoisotopic (exact) mass is 348 g/mol. The zero-order valence-corrected chi connectivity index (χ0v) is 15.7. The van der Waals surface area contributed by atoms with Crippen LogP contribution in [0.4, 0.5) is 0 Å². The van der Waals surface area contributed by atoms with Gasteiger partial charge in [0, 0.05) is 12.8 Å². The highest BCUT2D eigenvalue weighted by Crippen LogP contribution is 2.14. The van der Waals surface area contributed by atoms with Crippen molar-refractivity contribution < 1.29 is 19.1 Å². The van der Waals surface area contributed by atoms with Gasteiger partial charge in [0.1, 0.15) is 5.75 Å². The first kappa shape index (κ1) is 21.2. The fraction of sp³-hybridized carbons (Fsp3) is 0.619. The van der Waals surface area contributed by atoms with Gasteiger partial charge in [-0.2, -0.15) is 0 Å². The van der Waals surface area contributed by atoms with Crippen LogP contribution < -0.4 is 4.74 Å². The van der Waals surface area contributed by atoms with Gasteiger partial charge in [-0.15, -0.1) is 0 Å². The van der Waals surface area contributed by atoms with Gasteiger partial charge in [0.05, 0.1) is 6.61 Å². The van der Waals surface area contributed by atoms with Crippen molar-refractivity contribution in [1.29, 1.82) is 0 Å². The molecule has 1 rings (SSSR count). The molecule has 0 heterocycles. The maximum Gasteiger partial charge on any atom is 0.311 e. The quantitative estimate of drug-likeness (QED) is 0.273. The molecule has 0 unspecified atom stereocenters. The van der Waals surface area contributed by atoms with Crippen LogP contribution >= 0.6 is 0 Å². The fourth-order valence-electron chi connectivity index (χ4n) is 2.54. The number of unbranched alkanes of at least 4 members (excludes halogenated alkanes) is 6. The van der Waals surface area contributed by atoms with Crippen molar-refractivity contribution in [2.45, 2.75) is 78.1 Å². The summed E-state index contributed by atoms with van der Waals surface area (Å²) >= 11 is 0. The molecule has 1 aromatic carbocycles. The maximum atomic E-state index is 11.7. The van der Waals surface area contributed by atoms with Crippen LogP contribution in [0.25, 0.3) is 0 Å². The molecule has 1 aromatic rings. The highest BCUT2D eigenvalue weighted by molar-refractivity contribution is 5.72. The summed E-state index contributed by atoms with van der Waals surface area (Å²) in [7, 11) is 0. The molecule has 0 atom stereocenters. The molecular formula is C21H32O4. The minimum Gasteiger partial charge on any atom is -0.466 e. The van der Waals surface area contributed by atoms with E-state index in [1.807, 2.05) is 25.1 Å². The summed E-state index contributed by atoms with van der Waals surface area (Å²) in [5.41, 5.74) is 1.05. The zero-order chi connectivity index (χ0) is 18.3. The van der Waals surface area contributed by atoms with Gasteiger partial charge in [-0.25, -0.2) is 0 Å². The van der Waals surface area contributed by atoms with Gasteiger partial charge in [0.25, 0.3) is 0 Å². The summed E-state index contributed by atoms with van der Waals surface area (Å²) < 4.78 is 10.5. The second kappa shape index (κ2) is 13.5. The van der Waals surface area contributed by atoms with Crippen LogP contribution in [0.2, 0.25) is 0 Å². The van der Waals surface area contributed by atoms with Crippen LogP contribution in [0.1, 0.15) is 76.7 Å². The van der Waals surface area contributed by atoms with Crippen molar-refractivity contribution in [2.75, 3.05) is 6.61 Å². The molecule has 0 aliphatic heterocycles. The molecule has 4 nitrogen and oxygen atoms in total. The minimum absolute atomic E-state index is 0.166. The van der Waals surface area contributed by atoms with E-state index in [2.05, 4.69) is 6.92 Å². The van der Waals surface area contributed by atoms with E-state index in [0.717, 1.165) is 18.4 Å². The van der Waals surface area contributed by atoms with Crippen molar-refractivity contribution in [1.82, 2.24) is 0 Å². The Morgan fingerprint density at radius 2 is 1.56 bits per heavy atom. The summed E-state index contributed by atoms with van der Waals surface area (Å²) in [5, 5.41) is 0. The van der Waals surface area contributed by atoms with E-state index in [-0.39, 0.29) is 11.9 Å². The Kier molecular flexibility index (Phi) is 11.4. The third-order valence-corrected chi connectivity index (χ3v) is 3.99. The second-order valence-electron chi connectivity index (χ2n) is 6.49. The lowest BCUT2D eigenvalue weighted by molar-refractivity contribution is -0.144. The summed E-state index contributed by atoms with van der Waals surface area (Å²) in [6.07, 6.45) is 9.05. The maximum absolute atomic E-state index is 11.7. The lowest BCUT2D eigenvalue weighted by Crippen LogP contribution is -2.09. The predicted molar refractivity (Wildman–Crippen MR) is 99.6 cm³/mol. The van der Waals surface area contributed by atoms with Crippen LogP contribution in [-0.4, -0.2) is 18.5 Å². The molecule has 0 fully saturated rings. The number of rotatable bonds is 13. The van der Waals surface area contributed by atoms with Gasteiger partial charge in [0.15, 0.2) is 0 Å². The van der Waals surface area contributed by atoms with Crippen LogP contribution in [0.3, 0.4) is 0 Å². The molecule has 0 aromatic heterocycles. The predicted octanol–water partition coefficient (Wildman–Crippen LogP) is 5.36. The molecule has 0 bridgehead atoms. The van der Waals surface area contributed by atoms with Gasteiger partial charge in [-0.05, 0) is 43.9 Å². The van der Waals surface area contributed by atoms with Crippen molar-refractivity contribution in [3.63, 3.8) is 0 Å². The Labute approximate surface area is 151 Å². The third kappa shape index (κ3) is 11.4. The molecule has 0 radical (unpaired) electrons. The van der Waals surface area contributed by atoms with Gasteiger partial charge in [0.2, 0.25) is 0 Å². The average Bonchev–Trinajstić information content (AvgIpc) is 2.58. The number of carbonyl (C=O) groups is 2. The van der Waals surface area contributed by atoms with E-state index < -0.39 is 0 Å². The fourth-order valence-corrected chi connectivity index (χ4v) is 2.54. The van der Waals surface area contributed by atoms with Gasteiger partial charge in [-0.1, -0.05) is 51.2 Å². The van der Waals surface area contributed by atoms with E-state index >= 15 is 0 Å². The number of carbonyl (C=O) groups excluding carboxylic acids is 2. The molecule has 0 aliphatic rings.